The van der Waals surface area contributed by atoms with Crippen molar-refractivity contribution < 1.29 is 4.39 Å². The largest absolute Gasteiger partial charge is 0.311 e. The lowest BCUT2D eigenvalue weighted by Crippen LogP contribution is -2.52. The molecule has 0 bridgehead atoms. The Bertz CT molecular complexity index is 380. The predicted molar refractivity (Wildman–Crippen MR) is 74.1 cm³/mol. The van der Waals surface area contributed by atoms with Gasteiger partial charge in [0.1, 0.15) is 5.82 Å². The summed E-state index contributed by atoms with van der Waals surface area (Å²) in [5.41, 5.74) is 1.37. The molecule has 2 rings (SSSR count). The van der Waals surface area contributed by atoms with Crippen LogP contribution in [0.1, 0.15) is 45.1 Å². The minimum atomic E-state index is -0.122. The van der Waals surface area contributed by atoms with E-state index in [0.717, 1.165) is 24.9 Å². The number of halogens is 1. The van der Waals surface area contributed by atoms with Gasteiger partial charge in [-0.05, 0) is 55.8 Å². The van der Waals surface area contributed by atoms with Gasteiger partial charge in [0.05, 0.1) is 0 Å². The summed E-state index contributed by atoms with van der Waals surface area (Å²) in [6, 6.07) is 7.01. The standard InChI is InChI=1S/C16H24FN/c1-13(2)16(9-3-4-11-18-16)10-8-14-6-5-7-15(17)12-14/h5-7,12-13,18H,3-4,8-11H2,1-2H3. The van der Waals surface area contributed by atoms with Crippen LogP contribution in [0.25, 0.3) is 0 Å². The molecule has 100 valence electrons. The van der Waals surface area contributed by atoms with Gasteiger partial charge in [-0.3, -0.25) is 0 Å². The monoisotopic (exact) mass is 249 g/mol. The Morgan fingerprint density at radius 3 is 2.78 bits per heavy atom. The highest BCUT2D eigenvalue weighted by Gasteiger charge is 2.34. The Kier molecular flexibility index (Phi) is 4.39. The molecule has 0 aromatic heterocycles. The molecule has 0 aliphatic carbocycles. The second-order valence-corrected chi connectivity index (χ2v) is 5.82. The number of hydrogen-bond acceptors (Lipinski definition) is 1. The SMILES string of the molecule is CC(C)C1(CCc2cccc(F)c2)CCCCN1. The summed E-state index contributed by atoms with van der Waals surface area (Å²) in [5.74, 6) is 0.508. The smallest absolute Gasteiger partial charge is 0.123 e. The Morgan fingerprint density at radius 1 is 1.33 bits per heavy atom. The molecule has 2 heteroatoms. The molecule has 1 atom stereocenters. The van der Waals surface area contributed by atoms with E-state index in [0.29, 0.717) is 5.92 Å². The van der Waals surface area contributed by atoms with Crippen LogP contribution >= 0.6 is 0 Å². The molecule has 0 radical (unpaired) electrons. The Balaban J connectivity index is 2.01. The lowest BCUT2D eigenvalue weighted by Gasteiger charge is -2.42. The molecule has 0 spiro atoms. The molecule has 1 heterocycles. The summed E-state index contributed by atoms with van der Waals surface area (Å²) < 4.78 is 13.2. The van der Waals surface area contributed by atoms with Crippen molar-refractivity contribution >= 4 is 0 Å². The van der Waals surface area contributed by atoms with Crippen molar-refractivity contribution in [1.29, 1.82) is 0 Å². The molecule has 1 aromatic carbocycles. The van der Waals surface area contributed by atoms with E-state index in [2.05, 4.69) is 19.2 Å². The number of rotatable bonds is 4. The van der Waals surface area contributed by atoms with Gasteiger partial charge >= 0.3 is 0 Å². The summed E-state index contributed by atoms with van der Waals surface area (Å²) in [7, 11) is 0. The Hall–Kier alpha value is -0.890. The van der Waals surface area contributed by atoms with Crippen molar-refractivity contribution in [3.63, 3.8) is 0 Å². The quantitative estimate of drug-likeness (QED) is 0.852. The third-order valence-electron chi connectivity index (χ3n) is 4.38. The summed E-state index contributed by atoms with van der Waals surface area (Å²) in [6.07, 6.45) is 5.92. The molecule has 18 heavy (non-hydrogen) atoms. The van der Waals surface area contributed by atoms with Crippen molar-refractivity contribution in [2.75, 3.05) is 6.54 Å². The average Bonchev–Trinajstić information content (AvgIpc) is 2.37. The van der Waals surface area contributed by atoms with E-state index in [1.165, 1.54) is 25.3 Å². The molecule has 1 unspecified atom stereocenters. The zero-order valence-electron chi connectivity index (χ0n) is 11.5. The van der Waals surface area contributed by atoms with Crippen molar-refractivity contribution in [1.82, 2.24) is 5.32 Å². The minimum Gasteiger partial charge on any atom is -0.311 e. The minimum absolute atomic E-state index is 0.122. The van der Waals surface area contributed by atoms with E-state index < -0.39 is 0 Å². The van der Waals surface area contributed by atoms with Crippen LogP contribution in [0.15, 0.2) is 24.3 Å². The highest BCUT2D eigenvalue weighted by atomic mass is 19.1. The number of hydrogen-bond donors (Lipinski definition) is 1. The highest BCUT2D eigenvalue weighted by molar-refractivity contribution is 5.17. The summed E-state index contributed by atoms with van der Waals surface area (Å²) in [6.45, 7) is 5.72. The summed E-state index contributed by atoms with van der Waals surface area (Å²) in [4.78, 5) is 0. The van der Waals surface area contributed by atoms with Crippen LogP contribution in [0, 0.1) is 11.7 Å². The first kappa shape index (κ1) is 13.5. The van der Waals surface area contributed by atoms with Gasteiger partial charge < -0.3 is 5.32 Å². The highest BCUT2D eigenvalue weighted by Crippen LogP contribution is 2.31. The fraction of sp³-hybridized carbons (Fsp3) is 0.625. The fourth-order valence-corrected chi connectivity index (χ4v) is 3.05. The third kappa shape index (κ3) is 3.11. The molecule has 1 aromatic rings. The molecule has 1 aliphatic rings. The van der Waals surface area contributed by atoms with Crippen LogP contribution in [0.5, 0.6) is 0 Å². The Labute approximate surface area is 110 Å². The van der Waals surface area contributed by atoms with E-state index >= 15 is 0 Å². The first-order chi connectivity index (χ1) is 8.62. The second kappa shape index (κ2) is 5.83. The Morgan fingerprint density at radius 2 is 2.17 bits per heavy atom. The van der Waals surface area contributed by atoms with Crippen LogP contribution in [-0.4, -0.2) is 12.1 Å². The predicted octanol–water partition coefficient (Wildman–Crippen LogP) is 3.93. The summed E-state index contributed by atoms with van der Waals surface area (Å²) in [5, 5.41) is 3.72. The molecular formula is C16H24FN. The van der Waals surface area contributed by atoms with Gasteiger partial charge in [-0.1, -0.05) is 32.4 Å². The molecule has 1 nitrogen and oxygen atoms in total. The van der Waals surface area contributed by atoms with Crippen molar-refractivity contribution in [2.24, 2.45) is 5.92 Å². The zero-order chi connectivity index (χ0) is 13.0. The summed E-state index contributed by atoms with van der Waals surface area (Å²) >= 11 is 0. The van der Waals surface area contributed by atoms with Gasteiger partial charge in [-0.15, -0.1) is 0 Å². The lowest BCUT2D eigenvalue weighted by atomic mass is 9.75. The van der Waals surface area contributed by atoms with Gasteiger partial charge in [0.15, 0.2) is 0 Å². The normalized spacial score (nSPS) is 24.4. The van der Waals surface area contributed by atoms with Gasteiger partial charge in [-0.25, -0.2) is 4.39 Å². The zero-order valence-corrected chi connectivity index (χ0v) is 11.5. The molecule has 1 N–H and O–H groups in total. The van der Waals surface area contributed by atoms with E-state index in [1.807, 2.05) is 6.07 Å². The second-order valence-electron chi connectivity index (χ2n) is 5.82. The first-order valence-electron chi connectivity index (χ1n) is 7.12. The molecule has 0 saturated carbocycles. The fourth-order valence-electron chi connectivity index (χ4n) is 3.05. The van der Waals surface area contributed by atoms with Gasteiger partial charge in [-0.2, -0.15) is 0 Å². The molecular weight excluding hydrogens is 225 g/mol. The van der Waals surface area contributed by atoms with E-state index in [4.69, 9.17) is 0 Å². The molecule has 0 amide bonds. The van der Waals surface area contributed by atoms with Crippen molar-refractivity contribution in [2.45, 2.75) is 51.5 Å². The van der Waals surface area contributed by atoms with E-state index in [1.54, 1.807) is 12.1 Å². The van der Waals surface area contributed by atoms with Crippen LogP contribution in [0.3, 0.4) is 0 Å². The number of aryl methyl sites for hydroxylation is 1. The van der Waals surface area contributed by atoms with Crippen LogP contribution in [-0.2, 0) is 6.42 Å². The van der Waals surface area contributed by atoms with Crippen molar-refractivity contribution in [3.05, 3.63) is 35.6 Å². The van der Waals surface area contributed by atoms with Gasteiger partial charge in [0, 0.05) is 5.54 Å². The van der Waals surface area contributed by atoms with E-state index in [-0.39, 0.29) is 11.4 Å². The number of piperidine rings is 1. The third-order valence-corrected chi connectivity index (χ3v) is 4.38. The van der Waals surface area contributed by atoms with Gasteiger partial charge in [0.25, 0.3) is 0 Å². The maximum absolute atomic E-state index is 13.2. The van der Waals surface area contributed by atoms with Crippen LogP contribution in [0.2, 0.25) is 0 Å². The molecule has 1 saturated heterocycles. The maximum Gasteiger partial charge on any atom is 0.123 e. The topological polar surface area (TPSA) is 12.0 Å². The lowest BCUT2D eigenvalue weighted by molar-refractivity contribution is 0.170. The molecule has 1 aliphatic heterocycles. The molecule has 1 fully saturated rings. The van der Waals surface area contributed by atoms with E-state index in [9.17, 15) is 4.39 Å². The first-order valence-corrected chi connectivity index (χ1v) is 7.12. The number of benzene rings is 1. The van der Waals surface area contributed by atoms with Gasteiger partial charge in [0.2, 0.25) is 0 Å². The maximum atomic E-state index is 13.2. The van der Waals surface area contributed by atoms with Crippen LogP contribution < -0.4 is 5.32 Å². The average molecular weight is 249 g/mol. The number of nitrogens with one attached hydrogen (secondary N) is 1. The van der Waals surface area contributed by atoms with Crippen molar-refractivity contribution in [3.8, 4) is 0 Å². The van der Waals surface area contributed by atoms with Crippen LogP contribution in [0.4, 0.5) is 4.39 Å².